The van der Waals surface area contributed by atoms with Crippen LogP contribution in [0.4, 0.5) is 0 Å². The van der Waals surface area contributed by atoms with Gasteiger partial charge >= 0.3 is 0 Å². The summed E-state index contributed by atoms with van der Waals surface area (Å²) in [7, 11) is 0. The van der Waals surface area contributed by atoms with E-state index >= 15 is 0 Å². The van der Waals surface area contributed by atoms with Crippen LogP contribution in [0.5, 0.6) is 0 Å². The molecule has 1 aliphatic rings. The van der Waals surface area contributed by atoms with Gasteiger partial charge < -0.3 is 5.32 Å². The Morgan fingerprint density at radius 1 is 1.50 bits per heavy atom. The minimum absolute atomic E-state index is 0.138. The van der Waals surface area contributed by atoms with Crippen LogP contribution < -0.4 is 5.32 Å². The molecule has 98 valence electrons. The van der Waals surface area contributed by atoms with Crippen molar-refractivity contribution in [1.82, 2.24) is 5.32 Å². The van der Waals surface area contributed by atoms with E-state index in [2.05, 4.69) is 28.2 Å². The molecule has 1 unspecified atom stereocenters. The Morgan fingerprint density at radius 2 is 2.33 bits per heavy atom. The lowest BCUT2D eigenvalue weighted by Gasteiger charge is -2.35. The third kappa shape index (κ3) is 3.01. The molecule has 0 aromatic heterocycles. The molecule has 0 aliphatic carbocycles. The summed E-state index contributed by atoms with van der Waals surface area (Å²) < 4.78 is 1.04. The van der Waals surface area contributed by atoms with Crippen LogP contribution in [0.2, 0.25) is 0 Å². The van der Waals surface area contributed by atoms with Crippen molar-refractivity contribution in [2.75, 3.05) is 13.1 Å². The Labute approximate surface area is 117 Å². The monoisotopic (exact) mass is 309 g/mol. The molecule has 1 N–H and O–H groups in total. The summed E-state index contributed by atoms with van der Waals surface area (Å²) in [6, 6.07) is 8.05. The third-order valence-corrected chi connectivity index (χ3v) is 4.49. The van der Waals surface area contributed by atoms with Crippen molar-refractivity contribution >= 4 is 21.7 Å². The first-order valence-corrected chi connectivity index (χ1v) is 7.44. The molecule has 1 saturated heterocycles. The number of carbonyl (C=O) groups excluding carboxylic acids is 1. The van der Waals surface area contributed by atoms with Gasteiger partial charge in [0.2, 0.25) is 0 Å². The van der Waals surface area contributed by atoms with E-state index in [1.807, 2.05) is 24.3 Å². The number of carbonyl (C=O) groups is 1. The fraction of sp³-hybridized carbons (Fsp3) is 0.533. The summed E-state index contributed by atoms with van der Waals surface area (Å²) in [4.78, 5) is 12.6. The number of halogens is 1. The zero-order chi connectivity index (χ0) is 13.0. The number of ketones is 1. The van der Waals surface area contributed by atoms with E-state index in [4.69, 9.17) is 0 Å². The van der Waals surface area contributed by atoms with Crippen LogP contribution in [0.25, 0.3) is 0 Å². The largest absolute Gasteiger partial charge is 0.316 e. The number of piperidine rings is 1. The molecule has 0 bridgehead atoms. The lowest BCUT2D eigenvalue weighted by atomic mass is 9.73. The number of Topliss-reactive ketones (excluding diaryl/α,β-unsaturated/α-hetero) is 1. The van der Waals surface area contributed by atoms with Crippen LogP contribution in [-0.2, 0) is 11.2 Å². The summed E-state index contributed by atoms with van der Waals surface area (Å²) in [5.41, 5.74) is 0.966. The van der Waals surface area contributed by atoms with E-state index in [0.717, 1.165) is 42.4 Å². The molecule has 2 rings (SSSR count). The van der Waals surface area contributed by atoms with Crippen molar-refractivity contribution in [2.45, 2.75) is 32.6 Å². The smallest absolute Gasteiger partial charge is 0.144 e. The van der Waals surface area contributed by atoms with Crippen LogP contribution in [-0.4, -0.2) is 18.9 Å². The van der Waals surface area contributed by atoms with Crippen LogP contribution >= 0.6 is 15.9 Å². The van der Waals surface area contributed by atoms with E-state index in [1.54, 1.807) is 0 Å². The summed E-state index contributed by atoms with van der Waals surface area (Å²) in [6.45, 7) is 4.02. The molecule has 1 aliphatic heterocycles. The van der Waals surface area contributed by atoms with Crippen molar-refractivity contribution in [3.05, 3.63) is 34.3 Å². The molecule has 1 aromatic rings. The molecule has 2 nitrogen and oxygen atoms in total. The first kappa shape index (κ1) is 13.8. The highest BCUT2D eigenvalue weighted by Crippen LogP contribution is 2.32. The maximum atomic E-state index is 12.6. The van der Waals surface area contributed by atoms with E-state index in [9.17, 15) is 4.79 Å². The van der Waals surface area contributed by atoms with E-state index in [1.165, 1.54) is 0 Å². The van der Waals surface area contributed by atoms with Gasteiger partial charge in [-0.25, -0.2) is 0 Å². The van der Waals surface area contributed by atoms with Crippen LogP contribution in [0, 0.1) is 5.41 Å². The second-order valence-electron chi connectivity index (χ2n) is 5.14. The van der Waals surface area contributed by atoms with Gasteiger partial charge in [0.25, 0.3) is 0 Å². The number of hydrogen-bond acceptors (Lipinski definition) is 2. The lowest BCUT2D eigenvalue weighted by Crippen LogP contribution is -2.45. The van der Waals surface area contributed by atoms with Gasteiger partial charge in [0, 0.05) is 22.9 Å². The fourth-order valence-corrected chi connectivity index (χ4v) is 3.17. The normalized spacial score (nSPS) is 23.9. The van der Waals surface area contributed by atoms with Crippen molar-refractivity contribution in [3.63, 3.8) is 0 Å². The van der Waals surface area contributed by atoms with Gasteiger partial charge in [-0.15, -0.1) is 0 Å². The Balaban J connectivity index is 2.10. The van der Waals surface area contributed by atoms with Gasteiger partial charge in [0.15, 0.2) is 0 Å². The zero-order valence-electron chi connectivity index (χ0n) is 10.8. The summed E-state index contributed by atoms with van der Waals surface area (Å²) in [6.07, 6.45) is 3.63. The Bertz CT molecular complexity index is 424. The van der Waals surface area contributed by atoms with Crippen molar-refractivity contribution in [1.29, 1.82) is 0 Å². The SMILES string of the molecule is CCC1(C(=O)Cc2cccc(Br)c2)CCCNC1. The van der Waals surface area contributed by atoms with Gasteiger partial charge in [-0.3, -0.25) is 4.79 Å². The van der Waals surface area contributed by atoms with Crippen molar-refractivity contribution in [3.8, 4) is 0 Å². The van der Waals surface area contributed by atoms with Gasteiger partial charge in [-0.1, -0.05) is 35.0 Å². The molecular formula is C15H20BrNO. The van der Waals surface area contributed by atoms with Crippen LogP contribution in [0.3, 0.4) is 0 Å². The quantitative estimate of drug-likeness (QED) is 0.924. The maximum Gasteiger partial charge on any atom is 0.144 e. The molecule has 0 radical (unpaired) electrons. The molecule has 0 saturated carbocycles. The van der Waals surface area contributed by atoms with E-state index in [-0.39, 0.29) is 5.41 Å². The highest BCUT2D eigenvalue weighted by molar-refractivity contribution is 9.10. The predicted octanol–water partition coefficient (Wildman–Crippen LogP) is 3.34. The second kappa shape index (κ2) is 5.98. The number of benzene rings is 1. The lowest BCUT2D eigenvalue weighted by molar-refractivity contribution is -0.129. The van der Waals surface area contributed by atoms with Crippen LogP contribution in [0.1, 0.15) is 31.7 Å². The Hall–Kier alpha value is -0.670. The molecule has 18 heavy (non-hydrogen) atoms. The fourth-order valence-electron chi connectivity index (χ4n) is 2.72. The molecule has 0 amide bonds. The second-order valence-corrected chi connectivity index (χ2v) is 6.06. The zero-order valence-corrected chi connectivity index (χ0v) is 12.4. The maximum absolute atomic E-state index is 12.6. The van der Waals surface area contributed by atoms with E-state index in [0.29, 0.717) is 12.2 Å². The van der Waals surface area contributed by atoms with Gasteiger partial charge in [0.05, 0.1) is 0 Å². The molecule has 1 heterocycles. The minimum atomic E-state index is -0.138. The van der Waals surface area contributed by atoms with Crippen molar-refractivity contribution in [2.24, 2.45) is 5.41 Å². The topological polar surface area (TPSA) is 29.1 Å². The standard InChI is InChI=1S/C15H20BrNO/c1-2-15(7-4-8-17-11-15)14(18)10-12-5-3-6-13(16)9-12/h3,5-6,9,17H,2,4,7-8,10-11H2,1H3. The number of rotatable bonds is 4. The third-order valence-electron chi connectivity index (χ3n) is 3.99. The Morgan fingerprint density at radius 3 is 2.94 bits per heavy atom. The molecule has 3 heteroatoms. The van der Waals surface area contributed by atoms with E-state index < -0.39 is 0 Å². The Kier molecular flexibility index (Phi) is 4.57. The average Bonchev–Trinajstić information content (AvgIpc) is 2.39. The summed E-state index contributed by atoms with van der Waals surface area (Å²) in [5, 5.41) is 3.37. The molecular weight excluding hydrogens is 290 g/mol. The predicted molar refractivity (Wildman–Crippen MR) is 77.7 cm³/mol. The highest BCUT2D eigenvalue weighted by Gasteiger charge is 2.37. The molecule has 1 aromatic carbocycles. The first-order chi connectivity index (χ1) is 8.66. The van der Waals surface area contributed by atoms with Gasteiger partial charge in [-0.05, 0) is 43.5 Å². The minimum Gasteiger partial charge on any atom is -0.316 e. The molecule has 1 atom stereocenters. The molecule has 0 spiro atoms. The van der Waals surface area contributed by atoms with Gasteiger partial charge in [0.1, 0.15) is 5.78 Å². The molecule has 1 fully saturated rings. The summed E-state index contributed by atoms with van der Waals surface area (Å²) in [5.74, 6) is 0.385. The number of nitrogens with one attached hydrogen (secondary N) is 1. The number of hydrogen-bond donors (Lipinski definition) is 1. The first-order valence-electron chi connectivity index (χ1n) is 6.65. The van der Waals surface area contributed by atoms with Gasteiger partial charge in [-0.2, -0.15) is 0 Å². The summed E-state index contributed by atoms with van der Waals surface area (Å²) >= 11 is 3.45. The van der Waals surface area contributed by atoms with Crippen LogP contribution in [0.15, 0.2) is 28.7 Å². The highest BCUT2D eigenvalue weighted by atomic mass is 79.9. The van der Waals surface area contributed by atoms with Crippen molar-refractivity contribution < 1.29 is 4.79 Å². The average molecular weight is 310 g/mol.